The lowest BCUT2D eigenvalue weighted by molar-refractivity contribution is -0.138. The van der Waals surface area contributed by atoms with Gasteiger partial charge in [-0.05, 0) is 38.3 Å². The molecule has 148 valence electrons. The van der Waals surface area contributed by atoms with Crippen LogP contribution < -0.4 is 0 Å². The van der Waals surface area contributed by atoms with Crippen LogP contribution in [0, 0.1) is 12.3 Å². The van der Waals surface area contributed by atoms with Crippen molar-refractivity contribution in [3.8, 4) is 0 Å². The number of likely N-dealkylation sites (tertiary alicyclic amines) is 2. The largest absolute Gasteiger partial charge is 0.348 e. The van der Waals surface area contributed by atoms with Gasteiger partial charge in [-0.25, -0.2) is 4.98 Å². The quantitative estimate of drug-likeness (QED) is 0.887. The van der Waals surface area contributed by atoms with E-state index in [0.29, 0.717) is 13.0 Å². The van der Waals surface area contributed by atoms with Crippen molar-refractivity contribution in [1.82, 2.24) is 19.8 Å². The standard InChI is InChI=1S/C22H28N4O2/c1-17-4-2-5-18(12-17)21(28)26-10-3-8-22(15-26)9-6-20(27)25(14-22)11-7-19-13-23-16-24-19/h2,4-5,12-13,16H,3,6-11,14-15H2,1H3,(H,23,24). The van der Waals surface area contributed by atoms with Crippen molar-refractivity contribution >= 4 is 11.8 Å². The Hall–Kier alpha value is -2.63. The Labute approximate surface area is 165 Å². The van der Waals surface area contributed by atoms with Gasteiger partial charge in [-0.15, -0.1) is 0 Å². The molecule has 1 unspecified atom stereocenters. The minimum atomic E-state index is 0.0274. The third-order valence-corrected chi connectivity index (χ3v) is 6.17. The molecule has 0 aliphatic carbocycles. The molecule has 2 aliphatic rings. The number of hydrogen-bond acceptors (Lipinski definition) is 3. The Morgan fingerprint density at radius 2 is 2.18 bits per heavy atom. The van der Waals surface area contributed by atoms with Crippen LogP contribution in [0.5, 0.6) is 0 Å². The molecule has 28 heavy (non-hydrogen) atoms. The highest BCUT2D eigenvalue weighted by molar-refractivity contribution is 5.94. The van der Waals surface area contributed by atoms with E-state index >= 15 is 0 Å². The van der Waals surface area contributed by atoms with Gasteiger partial charge in [0, 0.05) is 61.9 Å². The van der Waals surface area contributed by atoms with Gasteiger partial charge >= 0.3 is 0 Å². The molecule has 0 bridgehead atoms. The van der Waals surface area contributed by atoms with Crippen molar-refractivity contribution in [1.29, 1.82) is 0 Å². The highest BCUT2D eigenvalue weighted by atomic mass is 16.2. The zero-order chi connectivity index (χ0) is 19.6. The molecule has 4 rings (SSSR count). The number of hydrogen-bond donors (Lipinski definition) is 1. The number of benzene rings is 1. The number of piperidine rings is 2. The van der Waals surface area contributed by atoms with E-state index in [-0.39, 0.29) is 17.2 Å². The molecular formula is C22H28N4O2. The van der Waals surface area contributed by atoms with Gasteiger partial charge in [0.25, 0.3) is 5.91 Å². The highest BCUT2D eigenvalue weighted by Crippen LogP contribution is 2.39. The van der Waals surface area contributed by atoms with Gasteiger partial charge in [0.15, 0.2) is 0 Å². The van der Waals surface area contributed by atoms with Crippen molar-refractivity contribution in [2.24, 2.45) is 5.41 Å². The van der Waals surface area contributed by atoms with Crippen molar-refractivity contribution < 1.29 is 9.59 Å². The highest BCUT2D eigenvalue weighted by Gasteiger charge is 2.42. The zero-order valence-electron chi connectivity index (χ0n) is 16.5. The minimum absolute atomic E-state index is 0.0274. The van der Waals surface area contributed by atoms with Crippen LogP contribution in [0.3, 0.4) is 0 Å². The number of nitrogens with one attached hydrogen (secondary N) is 1. The molecule has 2 amide bonds. The van der Waals surface area contributed by atoms with Crippen molar-refractivity contribution in [3.05, 3.63) is 53.6 Å². The number of aryl methyl sites for hydroxylation is 1. The molecule has 1 aromatic carbocycles. The molecule has 6 heteroatoms. The maximum atomic E-state index is 13.0. The predicted octanol–water partition coefficient (Wildman–Crippen LogP) is 2.81. The molecule has 0 saturated carbocycles. The van der Waals surface area contributed by atoms with E-state index < -0.39 is 0 Å². The molecule has 6 nitrogen and oxygen atoms in total. The third-order valence-electron chi connectivity index (χ3n) is 6.17. The topological polar surface area (TPSA) is 69.3 Å². The average Bonchev–Trinajstić information content (AvgIpc) is 3.22. The van der Waals surface area contributed by atoms with Gasteiger partial charge in [-0.1, -0.05) is 17.7 Å². The van der Waals surface area contributed by atoms with Crippen LogP contribution in [-0.4, -0.2) is 57.8 Å². The van der Waals surface area contributed by atoms with Gasteiger partial charge in [0.2, 0.25) is 5.91 Å². The first-order valence-electron chi connectivity index (χ1n) is 10.2. The lowest BCUT2D eigenvalue weighted by atomic mass is 9.73. The summed E-state index contributed by atoms with van der Waals surface area (Å²) in [7, 11) is 0. The first-order chi connectivity index (χ1) is 13.5. The summed E-state index contributed by atoms with van der Waals surface area (Å²) in [6.07, 6.45) is 7.81. The molecular weight excluding hydrogens is 352 g/mol. The van der Waals surface area contributed by atoms with E-state index in [1.54, 1.807) is 6.33 Å². The van der Waals surface area contributed by atoms with Gasteiger partial charge in [0.1, 0.15) is 0 Å². The number of aromatic amines is 1. The minimum Gasteiger partial charge on any atom is -0.348 e. The Bertz CT molecular complexity index is 848. The molecule has 1 atom stereocenters. The monoisotopic (exact) mass is 380 g/mol. The van der Waals surface area contributed by atoms with Crippen LogP contribution in [0.1, 0.15) is 47.3 Å². The van der Waals surface area contributed by atoms with Crippen LogP contribution in [-0.2, 0) is 11.2 Å². The summed E-state index contributed by atoms with van der Waals surface area (Å²) in [6, 6.07) is 7.82. The molecule has 2 saturated heterocycles. The van der Waals surface area contributed by atoms with Crippen LogP contribution in [0.4, 0.5) is 0 Å². The average molecular weight is 380 g/mol. The maximum Gasteiger partial charge on any atom is 0.253 e. The fraction of sp³-hybridized carbons (Fsp3) is 0.500. The molecule has 2 aromatic rings. The van der Waals surface area contributed by atoms with Crippen molar-refractivity contribution in [2.75, 3.05) is 26.2 Å². The number of H-pyrrole nitrogens is 1. The van der Waals surface area contributed by atoms with Gasteiger partial charge in [-0.3, -0.25) is 9.59 Å². The molecule has 0 radical (unpaired) electrons. The Morgan fingerprint density at radius 3 is 2.96 bits per heavy atom. The summed E-state index contributed by atoms with van der Waals surface area (Å²) in [4.78, 5) is 36.7. The fourth-order valence-corrected chi connectivity index (χ4v) is 4.66. The molecule has 1 spiro atoms. The zero-order valence-corrected chi connectivity index (χ0v) is 16.5. The Kier molecular flexibility index (Phi) is 5.20. The van der Waals surface area contributed by atoms with E-state index in [1.165, 1.54) is 0 Å². The molecule has 2 aliphatic heterocycles. The third kappa shape index (κ3) is 3.96. The smallest absolute Gasteiger partial charge is 0.253 e. The number of carbonyl (C=O) groups excluding carboxylic acids is 2. The van der Waals surface area contributed by atoms with Crippen LogP contribution in [0.25, 0.3) is 0 Å². The van der Waals surface area contributed by atoms with E-state index in [2.05, 4.69) is 9.97 Å². The Balaban J connectivity index is 1.44. The molecule has 1 N–H and O–H groups in total. The fourth-order valence-electron chi connectivity index (χ4n) is 4.66. The van der Waals surface area contributed by atoms with Crippen LogP contribution in [0.2, 0.25) is 0 Å². The van der Waals surface area contributed by atoms with Crippen LogP contribution in [0.15, 0.2) is 36.8 Å². The van der Waals surface area contributed by atoms with Crippen LogP contribution >= 0.6 is 0 Å². The molecule has 2 fully saturated rings. The summed E-state index contributed by atoms with van der Waals surface area (Å²) in [5.74, 6) is 0.343. The Morgan fingerprint density at radius 1 is 1.29 bits per heavy atom. The molecule has 3 heterocycles. The normalized spacial score (nSPS) is 22.7. The van der Waals surface area contributed by atoms with E-state index in [0.717, 1.165) is 62.1 Å². The first-order valence-corrected chi connectivity index (χ1v) is 10.2. The summed E-state index contributed by atoms with van der Waals surface area (Å²) in [5, 5.41) is 0. The second kappa shape index (κ2) is 7.78. The summed E-state index contributed by atoms with van der Waals surface area (Å²) >= 11 is 0. The van der Waals surface area contributed by atoms with Crippen molar-refractivity contribution in [3.63, 3.8) is 0 Å². The van der Waals surface area contributed by atoms with Gasteiger partial charge in [-0.2, -0.15) is 0 Å². The van der Waals surface area contributed by atoms with E-state index in [4.69, 9.17) is 0 Å². The van der Waals surface area contributed by atoms with E-state index in [1.807, 2.05) is 47.2 Å². The van der Waals surface area contributed by atoms with E-state index in [9.17, 15) is 9.59 Å². The van der Waals surface area contributed by atoms with Gasteiger partial charge in [0.05, 0.1) is 6.33 Å². The lowest BCUT2D eigenvalue weighted by Crippen LogP contribution is -2.55. The predicted molar refractivity (Wildman–Crippen MR) is 107 cm³/mol. The summed E-state index contributed by atoms with van der Waals surface area (Å²) in [5.41, 5.74) is 2.94. The number of carbonyl (C=O) groups is 2. The number of amides is 2. The summed E-state index contributed by atoms with van der Waals surface area (Å²) < 4.78 is 0. The number of aromatic nitrogens is 2. The second-order valence-electron chi connectivity index (χ2n) is 8.34. The second-order valence-corrected chi connectivity index (χ2v) is 8.34. The van der Waals surface area contributed by atoms with Crippen molar-refractivity contribution in [2.45, 2.75) is 39.0 Å². The van der Waals surface area contributed by atoms with Gasteiger partial charge < -0.3 is 14.8 Å². The summed E-state index contributed by atoms with van der Waals surface area (Å²) in [6.45, 7) is 5.01. The first kappa shape index (κ1) is 18.7. The lowest BCUT2D eigenvalue weighted by Gasteiger charge is -2.48. The number of nitrogens with zero attached hydrogens (tertiary/aromatic N) is 3. The molecule has 1 aromatic heterocycles. The maximum absolute atomic E-state index is 13.0. The number of rotatable bonds is 4. The number of imidazole rings is 1. The SMILES string of the molecule is Cc1cccc(C(=O)N2CCCC3(CCC(=O)N(CCc4cnc[nH]4)C3)C2)c1.